The second-order valence-corrected chi connectivity index (χ2v) is 9.60. The second-order valence-electron chi connectivity index (χ2n) is 9.60. The summed E-state index contributed by atoms with van der Waals surface area (Å²) in [6, 6.07) is 33.6. The molecule has 0 saturated carbocycles. The van der Waals surface area contributed by atoms with Gasteiger partial charge in [-0.15, -0.1) is 0 Å². The van der Waals surface area contributed by atoms with Crippen LogP contribution >= 0.6 is 0 Å². The third-order valence-electron chi connectivity index (χ3n) is 7.09. The maximum absolute atomic E-state index is 4.69. The van der Waals surface area contributed by atoms with Gasteiger partial charge >= 0.3 is 25.8 Å². The zero-order valence-electron chi connectivity index (χ0n) is 21.2. The molecule has 5 heteroatoms. The van der Waals surface area contributed by atoms with E-state index in [2.05, 4.69) is 107 Å². The molecule has 2 aromatic heterocycles. The number of aryl methyl sites for hydroxylation is 2. The van der Waals surface area contributed by atoms with Crippen molar-refractivity contribution in [2.75, 3.05) is 0 Å². The number of hydrogen-bond acceptors (Lipinski definition) is 4. The van der Waals surface area contributed by atoms with E-state index in [9.17, 15) is 0 Å². The number of rotatable bonds is 0. The SMILES string of the molecule is Cc1cnc2c3ccccc3c3ccccc3c2n1.Cc1cnc2c3ccccc3c3ccccc3c2n1.[InH3]. The van der Waals surface area contributed by atoms with Crippen LogP contribution in [-0.4, -0.2) is 45.8 Å². The molecule has 8 rings (SSSR count). The molecule has 0 aliphatic carbocycles. The van der Waals surface area contributed by atoms with Gasteiger partial charge in [-0.1, -0.05) is 97.1 Å². The molecule has 0 aliphatic heterocycles. The van der Waals surface area contributed by atoms with E-state index in [0.29, 0.717) is 0 Å². The van der Waals surface area contributed by atoms with E-state index in [1.165, 1.54) is 43.1 Å². The zero-order chi connectivity index (χ0) is 25.6. The number of fused-ring (bicyclic) bond motifs is 12. The molecule has 0 amide bonds. The van der Waals surface area contributed by atoms with Gasteiger partial charge in [-0.25, -0.2) is 9.97 Å². The summed E-state index contributed by atoms with van der Waals surface area (Å²) in [6.45, 7) is 3.97. The minimum atomic E-state index is 0. The monoisotopic (exact) mass is 606 g/mol. The second kappa shape index (κ2) is 10.2. The molecular formula is C34H27InN4. The van der Waals surface area contributed by atoms with E-state index < -0.39 is 0 Å². The average Bonchev–Trinajstić information content (AvgIpc) is 2.98. The summed E-state index contributed by atoms with van der Waals surface area (Å²) in [7, 11) is 0. The molecular weight excluding hydrogens is 579 g/mol. The van der Waals surface area contributed by atoms with Crippen LogP contribution in [0.25, 0.3) is 65.2 Å². The van der Waals surface area contributed by atoms with Gasteiger partial charge in [0.2, 0.25) is 0 Å². The summed E-state index contributed by atoms with van der Waals surface area (Å²) in [5, 5.41) is 9.65. The van der Waals surface area contributed by atoms with Gasteiger partial charge < -0.3 is 0 Å². The van der Waals surface area contributed by atoms with Crippen LogP contribution in [0, 0.1) is 13.8 Å². The first kappa shape index (κ1) is 25.2. The van der Waals surface area contributed by atoms with Crippen molar-refractivity contribution in [1.29, 1.82) is 0 Å². The van der Waals surface area contributed by atoms with E-state index in [1.54, 1.807) is 0 Å². The van der Waals surface area contributed by atoms with Crippen molar-refractivity contribution in [3.8, 4) is 0 Å². The predicted molar refractivity (Wildman–Crippen MR) is 169 cm³/mol. The van der Waals surface area contributed by atoms with Crippen molar-refractivity contribution in [2.45, 2.75) is 13.8 Å². The van der Waals surface area contributed by atoms with Gasteiger partial charge in [0, 0.05) is 33.9 Å². The summed E-state index contributed by atoms with van der Waals surface area (Å²) in [5.74, 6) is 0. The Hall–Kier alpha value is -4.09. The Labute approximate surface area is 244 Å². The zero-order valence-corrected chi connectivity index (χ0v) is 21.2. The molecule has 0 aliphatic rings. The summed E-state index contributed by atoms with van der Waals surface area (Å²) < 4.78 is 0. The van der Waals surface area contributed by atoms with Crippen molar-refractivity contribution in [3.05, 3.63) is 121 Å². The van der Waals surface area contributed by atoms with Crippen LogP contribution in [0.1, 0.15) is 11.4 Å². The average molecular weight is 606 g/mol. The summed E-state index contributed by atoms with van der Waals surface area (Å²) in [6.07, 6.45) is 3.67. The molecule has 0 unspecified atom stereocenters. The molecule has 0 saturated heterocycles. The van der Waals surface area contributed by atoms with Crippen molar-refractivity contribution >= 4 is 91.0 Å². The van der Waals surface area contributed by atoms with Crippen LogP contribution in [0.15, 0.2) is 109 Å². The van der Waals surface area contributed by atoms with Crippen LogP contribution in [0.4, 0.5) is 0 Å². The number of benzene rings is 6. The van der Waals surface area contributed by atoms with Crippen molar-refractivity contribution < 1.29 is 0 Å². The van der Waals surface area contributed by atoms with E-state index in [1.807, 2.05) is 26.2 Å². The van der Waals surface area contributed by atoms with Crippen LogP contribution in [0.5, 0.6) is 0 Å². The van der Waals surface area contributed by atoms with Gasteiger partial charge in [0.15, 0.2) is 0 Å². The van der Waals surface area contributed by atoms with Crippen LogP contribution in [0.3, 0.4) is 0 Å². The fourth-order valence-corrected chi connectivity index (χ4v) is 5.42. The van der Waals surface area contributed by atoms with Crippen LogP contribution in [-0.2, 0) is 0 Å². The molecule has 4 nitrogen and oxygen atoms in total. The summed E-state index contributed by atoms with van der Waals surface area (Å²) in [5.41, 5.74) is 5.87. The van der Waals surface area contributed by atoms with Crippen molar-refractivity contribution in [3.63, 3.8) is 0 Å². The van der Waals surface area contributed by atoms with Crippen LogP contribution < -0.4 is 0 Å². The molecule has 0 radical (unpaired) electrons. The van der Waals surface area contributed by atoms with Gasteiger partial charge in [0.1, 0.15) is 0 Å². The van der Waals surface area contributed by atoms with E-state index >= 15 is 0 Å². The first-order chi connectivity index (χ1) is 18.7. The third kappa shape index (κ3) is 4.27. The van der Waals surface area contributed by atoms with Gasteiger partial charge in [0.05, 0.1) is 33.5 Å². The van der Waals surface area contributed by atoms with E-state index in [4.69, 9.17) is 9.97 Å². The molecule has 8 aromatic rings. The van der Waals surface area contributed by atoms with Gasteiger partial charge in [0.25, 0.3) is 0 Å². The third-order valence-corrected chi connectivity index (χ3v) is 7.09. The number of aromatic nitrogens is 4. The molecule has 0 fully saturated rings. The molecule has 2 heterocycles. The maximum atomic E-state index is 4.69. The minimum absolute atomic E-state index is 0. The molecule has 6 aromatic carbocycles. The Kier molecular flexibility index (Phi) is 6.61. The molecule has 0 N–H and O–H groups in total. The van der Waals surface area contributed by atoms with Crippen molar-refractivity contribution in [1.82, 2.24) is 19.9 Å². The van der Waals surface area contributed by atoms with Gasteiger partial charge in [-0.2, -0.15) is 0 Å². The summed E-state index contributed by atoms with van der Waals surface area (Å²) in [4.78, 5) is 18.6. The Morgan fingerprint density at radius 1 is 0.359 bits per heavy atom. The Bertz CT molecular complexity index is 1940. The Morgan fingerprint density at radius 2 is 0.615 bits per heavy atom. The van der Waals surface area contributed by atoms with Crippen molar-refractivity contribution in [2.24, 2.45) is 0 Å². The quantitative estimate of drug-likeness (QED) is 0.170. The first-order valence-corrected chi connectivity index (χ1v) is 12.7. The Balaban J connectivity index is 0.000000138. The predicted octanol–water partition coefficient (Wildman–Crippen LogP) is 7.31. The molecule has 186 valence electrons. The van der Waals surface area contributed by atoms with Crippen LogP contribution in [0.2, 0.25) is 0 Å². The normalized spacial score (nSPS) is 11.1. The summed E-state index contributed by atoms with van der Waals surface area (Å²) >= 11 is 0. The first-order valence-electron chi connectivity index (χ1n) is 12.7. The van der Waals surface area contributed by atoms with E-state index in [-0.39, 0.29) is 25.8 Å². The topological polar surface area (TPSA) is 51.6 Å². The molecule has 0 spiro atoms. The number of nitrogens with zero attached hydrogens (tertiary/aromatic N) is 4. The number of hydrogen-bond donors (Lipinski definition) is 0. The fourth-order valence-electron chi connectivity index (χ4n) is 5.42. The Morgan fingerprint density at radius 3 is 0.923 bits per heavy atom. The molecule has 0 bridgehead atoms. The van der Waals surface area contributed by atoms with E-state index in [0.717, 1.165) is 33.5 Å². The van der Waals surface area contributed by atoms with Gasteiger partial charge in [-0.05, 0) is 35.4 Å². The molecule has 39 heavy (non-hydrogen) atoms. The molecule has 0 atom stereocenters. The fraction of sp³-hybridized carbons (Fsp3) is 0.0588. The standard InChI is InChI=1S/2C17H12N2.In.3H/c2*1-11-10-18-16-14-8-4-2-6-12(14)13-7-3-5-9-15(13)17(16)19-11;;;;/h2*2-10H,1H3;;;;. The van der Waals surface area contributed by atoms with Gasteiger partial charge in [-0.3, -0.25) is 9.97 Å².